The molecule has 1 aromatic heterocycles. The smallest absolute Gasteiger partial charge is 0.221 e. The van der Waals surface area contributed by atoms with E-state index in [1.165, 1.54) is 5.56 Å². The Balaban J connectivity index is 1.85. The predicted octanol–water partition coefficient (Wildman–Crippen LogP) is 0.878. The van der Waals surface area contributed by atoms with Crippen LogP contribution in [0, 0.1) is 0 Å². The number of aromatic nitrogens is 3. The lowest BCUT2D eigenvalue weighted by molar-refractivity contribution is -0.121. The molecule has 6 nitrogen and oxygen atoms in total. The third-order valence-corrected chi connectivity index (χ3v) is 3.74. The monoisotopic (exact) mass is 285 g/mol. The second-order valence-corrected chi connectivity index (χ2v) is 5.33. The fourth-order valence-corrected chi connectivity index (χ4v) is 2.74. The van der Waals surface area contributed by atoms with Crippen LogP contribution in [-0.4, -0.2) is 38.9 Å². The van der Waals surface area contributed by atoms with E-state index in [-0.39, 0.29) is 11.9 Å². The zero-order valence-electron chi connectivity index (χ0n) is 12.1. The highest BCUT2D eigenvalue weighted by Gasteiger charge is 2.26. The Hall–Kier alpha value is -2.21. The van der Waals surface area contributed by atoms with Crippen molar-refractivity contribution in [2.45, 2.75) is 19.0 Å². The van der Waals surface area contributed by atoms with Gasteiger partial charge in [0, 0.05) is 45.3 Å². The minimum atomic E-state index is 0.0794. The van der Waals surface area contributed by atoms with Gasteiger partial charge in [0.25, 0.3) is 0 Å². The fourth-order valence-electron chi connectivity index (χ4n) is 2.74. The van der Waals surface area contributed by atoms with Gasteiger partial charge in [-0.15, -0.1) is 5.10 Å². The number of nitrogens with zero attached hydrogens (tertiary/aromatic N) is 4. The number of carbonyl (C=O) groups excluding carboxylic acids is 1. The zero-order valence-corrected chi connectivity index (χ0v) is 12.1. The molecule has 3 rings (SSSR count). The average Bonchev–Trinajstić information content (AvgIpc) is 2.80. The van der Waals surface area contributed by atoms with Crippen LogP contribution in [0.4, 0.5) is 0 Å². The third kappa shape index (κ3) is 3.28. The highest BCUT2D eigenvalue weighted by Crippen LogP contribution is 2.26. The van der Waals surface area contributed by atoms with Gasteiger partial charge >= 0.3 is 0 Å². The van der Waals surface area contributed by atoms with Gasteiger partial charge in [-0.1, -0.05) is 35.5 Å². The topological polar surface area (TPSA) is 63.0 Å². The maximum Gasteiger partial charge on any atom is 0.221 e. The molecule has 1 saturated heterocycles. The van der Waals surface area contributed by atoms with Gasteiger partial charge in [-0.25, -0.2) is 0 Å². The second kappa shape index (κ2) is 6.05. The number of rotatable bonds is 3. The quantitative estimate of drug-likeness (QED) is 0.909. The first-order chi connectivity index (χ1) is 10.2. The third-order valence-electron chi connectivity index (χ3n) is 3.74. The molecule has 1 fully saturated rings. The Kier molecular flexibility index (Phi) is 3.96. The number of hydrogen-bond donors (Lipinski definition) is 1. The first kappa shape index (κ1) is 13.8. The summed E-state index contributed by atoms with van der Waals surface area (Å²) in [4.78, 5) is 14.2. The molecule has 1 aromatic carbocycles. The summed E-state index contributed by atoms with van der Waals surface area (Å²) < 4.78 is 1.70. The Morgan fingerprint density at radius 3 is 2.86 bits per heavy atom. The molecular weight excluding hydrogens is 266 g/mol. The fraction of sp³-hybridized carbons (Fsp3) is 0.400. The van der Waals surface area contributed by atoms with Crippen molar-refractivity contribution >= 4 is 5.91 Å². The Morgan fingerprint density at radius 2 is 2.14 bits per heavy atom. The zero-order chi connectivity index (χ0) is 14.7. The Bertz CT molecular complexity index is 610. The van der Waals surface area contributed by atoms with Gasteiger partial charge < -0.3 is 5.32 Å². The summed E-state index contributed by atoms with van der Waals surface area (Å²) >= 11 is 0. The average molecular weight is 285 g/mol. The van der Waals surface area contributed by atoms with Crippen molar-refractivity contribution in [3.8, 4) is 0 Å². The van der Waals surface area contributed by atoms with E-state index in [1.54, 1.807) is 4.68 Å². The molecule has 2 aromatic rings. The standard InChI is InChI=1S/C15H19N5O/c1-19-10-13(17-18-19)11-20-8-7-16-15(21)9-14(20)12-5-3-2-4-6-12/h2-6,10,14H,7-9,11H2,1H3,(H,16,21). The van der Waals surface area contributed by atoms with Crippen LogP contribution in [0.25, 0.3) is 0 Å². The summed E-state index contributed by atoms with van der Waals surface area (Å²) in [5, 5.41) is 11.1. The number of amides is 1. The number of aryl methyl sites for hydroxylation is 1. The lowest BCUT2D eigenvalue weighted by Crippen LogP contribution is -2.30. The lowest BCUT2D eigenvalue weighted by Gasteiger charge is -2.28. The van der Waals surface area contributed by atoms with Gasteiger partial charge in [0.05, 0.1) is 5.69 Å². The van der Waals surface area contributed by atoms with Crippen molar-refractivity contribution in [1.82, 2.24) is 25.2 Å². The van der Waals surface area contributed by atoms with Gasteiger partial charge in [-0.3, -0.25) is 14.4 Å². The van der Waals surface area contributed by atoms with Crippen LogP contribution in [0.1, 0.15) is 23.7 Å². The van der Waals surface area contributed by atoms with Crippen molar-refractivity contribution in [2.24, 2.45) is 7.05 Å². The van der Waals surface area contributed by atoms with Crippen LogP contribution in [-0.2, 0) is 18.4 Å². The summed E-state index contributed by atoms with van der Waals surface area (Å²) in [6.45, 7) is 2.17. The summed E-state index contributed by atoms with van der Waals surface area (Å²) in [7, 11) is 1.86. The molecule has 0 spiro atoms. The van der Waals surface area contributed by atoms with Crippen molar-refractivity contribution in [1.29, 1.82) is 0 Å². The molecule has 1 unspecified atom stereocenters. The van der Waals surface area contributed by atoms with Gasteiger partial charge in [0.2, 0.25) is 5.91 Å². The molecule has 2 heterocycles. The van der Waals surface area contributed by atoms with Crippen LogP contribution < -0.4 is 5.32 Å². The molecule has 110 valence electrons. The van der Waals surface area contributed by atoms with Crippen LogP contribution >= 0.6 is 0 Å². The number of hydrogen-bond acceptors (Lipinski definition) is 4. The maximum absolute atomic E-state index is 11.9. The van der Waals surface area contributed by atoms with Gasteiger partial charge in [-0.2, -0.15) is 0 Å². The molecule has 0 bridgehead atoms. The lowest BCUT2D eigenvalue weighted by atomic mass is 10.0. The largest absolute Gasteiger partial charge is 0.355 e. The minimum absolute atomic E-state index is 0.0794. The highest BCUT2D eigenvalue weighted by molar-refractivity contribution is 5.77. The molecular formula is C15H19N5O. The summed E-state index contributed by atoms with van der Waals surface area (Å²) in [6, 6.07) is 10.3. The van der Waals surface area contributed by atoms with Gasteiger partial charge in [0.15, 0.2) is 0 Å². The van der Waals surface area contributed by atoms with Crippen LogP contribution in [0.3, 0.4) is 0 Å². The van der Waals surface area contributed by atoms with Crippen LogP contribution in [0.5, 0.6) is 0 Å². The summed E-state index contributed by atoms with van der Waals surface area (Å²) in [5.41, 5.74) is 2.09. The highest BCUT2D eigenvalue weighted by atomic mass is 16.1. The van der Waals surface area contributed by atoms with Crippen molar-refractivity contribution in [2.75, 3.05) is 13.1 Å². The van der Waals surface area contributed by atoms with E-state index in [1.807, 2.05) is 31.4 Å². The first-order valence-corrected chi connectivity index (χ1v) is 7.13. The van der Waals surface area contributed by atoms with E-state index in [0.717, 1.165) is 12.2 Å². The molecule has 0 radical (unpaired) electrons. The summed E-state index contributed by atoms with van der Waals surface area (Å²) in [5.74, 6) is 0.102. The molecule has 21 heavy (non-hydrogen) atoms. The van der Waals surface area contributed by atoms with Crippen molar-refractivity contribution in [3.05, 3.63) is 47.8 Å². The van der Waals surface area contributed by atoms with Gasteiger partial charge in [0.1, 0.15) is 0 Å². The van der Waals surface area contributed by atoms with E-state index in [9.17, 15) is 4.79 Å². The molecule has 1 amide bonds. The SMILES string of the molecule is Cn1cc(CN2CCNC(=O)CC2c2ccccc2)nn1. The molecule has 1 aliphatic heterocycles. The Morgan fingerprint density at radius 1 is 1.33 bits per heavy atom. The van der Waals surface area contributed by atoms with E-state index < -0.39 is 0 Å². The molecule has 6 heteroatoms. The number of nitrogens with one attached hydrogen (secondary N) is 1. The molecule has 0 aliphatic carbocycles. The normalized spacial score (nSPS) is 20.0. The van der Waals surface area contributed by atoms with E-state index >= 15 is 0 Å². The van der Waals surface area contributed by atoms with Crippen LogP contribution in [0.15, 0.2) is 36.5 Å². The predicted molar refractivity (Wildman–Crippen MR) is 78.2 cm³/mol. The van der Waals surface area contributed by atoms with E-state index in [0.29, 0.717) is 19.5 Å². The maximum atomic E-state index is 11.9. The number of benzene rings is 1. The first-order valence-electron chi connectivity index (χ1n) is 7.13. The van der Waals surface area contributed by atoms with E-state index in [4.69, 9.17) is 0 Å². The molecule has 1 atom stereocenters. The second-order valence-electron chi connectivity index (χ2n) is 5.33. The van der Waals surface area contributed by atoms with Gasteiger partial charge in [-0.05, 0) is 5.56 Å². The molecule has 1 N–H and O–H groups in total. The molecule has 1 aliphatic rings. The molecule has 0 saturated carbocycles. The minimum Gasteiger partial charge on any atom is -0.355 e. The van der Waals surface area contributed by atoms with Crippen LogP contribution in [0.2, 0.25) is 0 Å². The van der Waals surface area contributed by atoms with Crippen molar-refractivity contribution in [3.63, 3.8) is 0 Å². The van der Waals surface area contributed by atoms with Crippen molar-refractivity contribution < 1.29 is 4.79 Å². The Labute approximate surface area is 123 Å². The summed E-state index contributed by atoms with van der Waals surface area (Å²) in [6.07, 6.45) is 2.40. The van der Waals surface area contributed by atoms with E-state index in [2.05, 4.69) is 32.7 Å². The number of carbonyl (C=O) groups is 1.